The van der Waals surface area contributed by atoms with Crippen LogP contribution in [-0.2, 0) is 36.8 Å². The lowest BCUT2D eigenvalue weighted by molar-refractivity contribution is -0.144. The van der Waals surface area contributed by atoms with Gasteiger partial charge in [-0.2, -0.15) is 0 Å². The summed E-state index contributed by atoms with van der Waals surface area (Å²) in [6.07, 6.45) is 3.66. The van der Waals surface area contributed by atoms with E-state index in [4.69, 9.17) is 4.74 Å². The number of rotatable bonds is 16. The number of carbonyl (C=O) groups is 6. The number of hydrogen-bond donors (Lipinski definition) is 5. The van der Waals surface area contributed by atoms with Crippen LogP contribution in [0.5, 0.6) is 0 Å². The van der Waals surface area contributed by atoms with Crippen molar-refractivity contribution in [1.82, 2.24) is 31.5 Å². The predicted molar refractivity (Wildman–Crippen MR) is 197 cm³/mol. The molecule has 13 nitrogen and oxygen atoms in total. The fourth-order valence-electron chi connectivity index (χ4n) is 7.75. The number of ether oxygens (including phenoxy) is 1. The number of amides is 6. The van der Waals surface area contributed by atoms with Gasteiger partial charge in [0, 0.05) is 19.6 Å². The third-order valence-electron chi connectivity index (χ3n) is 11.0. The quantitative estimate of drug-likeness (QED) is 0.129. The Balaban J connectivity index is 1.59. The second-order valence-corrected chi connectivity index (χ2v) is 16.0. The normalized spacial score (nSPS) is 21.8. The first-order valence-electron chi connectivity index (χ1n) is 18.6. The molecule has 1 aliphatic heterocycles. The van der Waals surface area contributed by atoms with E-state index in [1.54, 1.807) is 11.8 Å². The topological polar surface area (TPSA) is 175 Å². The molecular weight excluding hydrogens is 664 g/mol. The average molecular weight is 723 g/mol. The molecule has 2 fully saturated rings. The lowest BCUT2D eigenvalue weighted by Gasteiger charge is -2.36. The molecule has 3 unspecified atom stereocenters. The van der Waals surface area contributed by atoms with E-state index in [9.17, 15) is 28.8 Å². The van der Waals surface area contributed by atoms with E-state index in [0.29, 0.717) is 32.4 Å². The molecule has 6 amide bonds. The zero-order valence-electron chi connectivity index (χ0n) is 31.8. The minimum Gasteiger partial charge on any atom is -0.447 e. The highest BCUT2D eigenvalue weighted by Crippen LogP contribution is 2.65. The fraction of sp³-hybridized carbons (Fsp3) is 0.641. The van der Waals surface area contributed by atoms with Gasteiger partial charge < -0.3 is 36.2 Å². The summed E-state index contributed by atoms with van der Waals surface area (Å²) < 4.78 is 5.37. The first-order chi connectivity index (χ1) is 24.5. The summed E-state index contributed by atoms with van der Waals surface area (Å²) >= 11 is 0. The lowest BCUT2D eigenvalue weighted by Crippen LogP contribution is -2.61. The molecule has 1 saturated heterocycles. The van der Waals surface area contributed by atoms with Crippen LogP contribution in [0.15, 0.2) is 36.9 Å². The lowest BCUT2D eigenvalue weighted by atomic mass is 9.87. The van der Waals surface area contributed by atoms with Gasteiger partial charge in [-0.05, 0) is 65.9 Å². The van der Waals surface area contributed by atoms with Crippen molar-refractivity contribution in [3.05, 3.63) is 48.0 Å². The molecule has 52 heavy (non-hydrogen) atoms. The van der Waals surface area contributed by atoms with Gasteiger partial charge in [-0.3, -0.25) is 19.2 Å². The van der Waals surface area contributed by atoms with Crippen LogP contribution in [0.1, 0.15) is 78.9 Å². The number of hydrogen-bond acceptors (Lipinski definition) is 7. The molecular formula is C39H58N6O7. The van der Waals surface area contributed by atoms with E-state index in [-0.39, 0.29) is 48.6 Å². The molecule has 1 aromatic carbocycles. The van der Waals surface area contributed by atoms with Gasteiger partial charge in [0.25, 0.3) is 5.91 Å². The van der Waals surface area contributed by atoms with Gasteiger partial charge in [0.05, 0.1) is 12.1 Å². The number of likely N-dealkylation sites (tertiary alicyclic amines) is 1. The molecule has 6 atom stereocenters. The monoisotopic (exact) mass is 722 g/mol. The maximum atomic E-state index is 14.8. The molecule has 0 aromatic heterocycles. The number of unbranched alkanes of at least 4 members (excludes halogenated alkanes) is 1. The molecule has 0 spiro atoms. The maximum Gasteiger partial charge on any atom is 0.407 e. The van der Waals surface area contributed by atoms with E-state index < -0.39 is 59.3 Å². The molecule has 13 heteroatoms. The Kier molecular flexibility index (Phi) is 13.1. The predicted octanol–water partition coefficient (Wildman–Crippen LogP) is 3.26. The molecule has 2 aliphatic carbocycles. The van der Waals surface area contributed by atoms with Gasteiger partial charge in [-0.15, -0.1) is 6.58 Å². The smallest absolute Gasteiger partial charge is 0.407 e. The number of urea groups is 1. The second kappa shape index (κ2) is 16.9. The Bertz CT molecular complexity index is 1500. The first-order valence-corrected chi connectivity index (χ1v) is 18.6. The van der Waals surface area contributed by atoms with Crippen molar-refractivity contribution >= 4 is 35.6 Å². The van der Waals surface area contributed by atoms with Gasteiger partial charge in [-0.1, -0.05) is 84.7 Å². The van der Waals surface area contributed by atoms with Crippen molar-refractivity contribution in [2.24, 2.45) is 28.6 Å². The summed E-state index contributed by atoms with van der Waals surface area (Å²) in [6.45, 7) is 18.0. The van der Waals surface area contributed by atoms with Crippen molar-refractivity contribution in [3.8, 4) is 0 Å². The van der Waals surface area contributed by atoms with Crippen LogP contribution >= 0.6 is 0 Å². The van der Waals surface area contributed by atoms with E-state index in [2.05, 4.69) is 47.0 Å². The number of nitrogens with zero attached hydrogens (tertiary/aromatic N) is 1. The molecule has 0 radical (unpaired) electrons. The van der Waals surface area contributed by atoms with Crippen LogP contribution in [0.3, 0.4) is 0 Å². The van der Waals surface area contributed by atoms with Crippen molar-refractivity contribution in [2.75, 3.05) is 26.2 Å². The summed E-state index contributed by atoms with van der Waals surface area (Å²) in [6, 6.07) is 3.87. The van der Waals surface area contributed by atoms with Gasteiger partial charge in [-0.25, -0.2) is 9.59 Å². The number of Topliss-reactive ketones (excluding diaryl/α,β-unsaturated/α-hetero) is 1. The molecule has 0 bridgehead atoms. The van der Waals surface area contributed by atoms with Crippen molar-refractivity contribution in [1.29, 1.82) is 0 Å². The minimum absolute atomic E-state index is 0.0554. The van der Waals surface area contributed by atoms with Crippen molar-refractivity contribution < 1.29 is 33.5 Å². The number of carbonyl (C=O) groups excluding carboxylic acids is 6. The molecule has 5 N–H and O–H groups in total. The number of nitrogens with one attached hydrogen (secondary N) is 5. The Hall–Kier alpha value is -4.42. The SMILES string of the molecule is C=CCNC(=O)C(=O)C(CCCC)NC(=O)[C@@H]1[C@@H]2[C@H](CN1C(=O)C(NC(=O)NC(COC(=O)NCC)C(C)(C)C)C1Cc3ccccc3C1)C2(C)C. The van der Waals surface area contributed by atoms with Crippen LogP contribution in [0.25, 0.3) is 0 Å². The molecule has 1 saturated carbocycles. The maximum absolute atomic E-state index is 14.8. The zero-order valence-corrected chi connectivity index (χ0v) is 31.8. The summed E-state index contributed by atoms with van der Waals surface area (Å²) in [5.41, 5.74) is 1.49. The number of ketones is 1. The molecule has 3 aliphatic rings. The fourth-order valence-corrected chi connectivity index (χ4v) is 7.75. The summed E-state index contributed by atoms with van der Waals surface area (Å²) in [4.78, 5) is 82.2. The standard InChI is InChI=1S/C39H58N6O7/c1-9-12-17-27(32(46)34(48)41-18-10-2)42-33(47)31-29-26(39(29,7)8)21-45(31)35(49)30(25-19-23-15-13-14-16-24(23)20-25)44-36(50)43-28(38(4,5)6)22-52-37(51)40-11-3/h10,13-16,25-31H,2,9,11-12,17-22H2,1,3-8H3,(H,40,51)(H,41,48)(H,42,47)(H2,43,44,50)/t26-,27?,28?,29-,30?,31-/m0/s1. The molecule has 4 rings (SSSR count). The Morgan fingerprint density at radius 1 is 1.00 bits per heavy atom. The number of benzene rings is 1. The van der Waals surface area contributed by atoms with Gasteiger partial charge in [0.15, 0.2) is 0 Å². The summed E-state index contributed by atoms with van der Waals surface area (Å²) in [5, 5.41) is 13.9. The van der Waals surface area contributed by atoms with Crippen LogP contribution in [0, 0.1) is 28.6 Å². The average Bonchev–Trinajstić information content (AvgIpc) is 3.44. The van der Waals surface area contributed by atoms with Crippen LogP contribution in [0.4, 0.5) is 9.59 Å². The van der Waals surface area contributed by atoms with Crippen molar-refractivity contribution in [3.63, 3.8) is 0 Å². The van der Waals surface area contributed by atoms with Crippen LogP contribution < -0.4 is 26.6 Å². The summed E-state index contributed by atoms with van der Waals surface area (Å²) in [7, 11) is 0. The zero-order chi connectivity index (χ0) is 38.4. The Labute approximate surface area is 307 Å². The van der Waals surface area contributed by atoms with E-state index in [0.717, 1.165) is 17.5 Å². The van der Waals surface area contributed by atoms with E-state index >= 15 is 0 Å². The second-order valence-electron chi connectivity index (χ2n) is 16.0. The molecule has 1 aromatic rings. The largest absolute Gasteiger partial charge is 0.447 e. The Morgan fingerprint density at radius 2 is 1.65 bits per heavy atom. The van der Waals surface area contributed by atoms with Crippen molar-refractivity contribution in [2.45, 2.75) is 105 Å². The summed E-state index contributed by atoms with van der Waals surface area (Å²) in [5.74, 6) is -2.77. The number of piperidine rings is 1. The first kappa shape index (κ1) is 40.4. The van der Waals surface area contributed by atoms with E-state index in [1.807, 2.05) is 52.0 Å². The highest BCUT2D eigenvalue weighted by Gasteiger charge is 2.69. The van der Waals surface area contributed by atoms with Crippen LogP contribution in [0.2, 0.25) is 0 Å². The molecule has 286 valence electrons. The third kappa shape index (κ3) is 9.32. The highest BCUT2D eigenvalue weighted by molar-refractivity contribution is 6.38. The number of fused-ring (bicyclic) bond motifs is 2. The van der Waals surface area contributed by atoms with Gasteiger partial charge >= 0.3 is 12.1 Å². The van der Waals surface area contributed by atoms with E-state index in [1.165, 1.54) is 6.08 Å². The van der Waals surface area contributed by atoms with Gasteiger partial charge in [0.1, 0.15) is 18.7 Å². The number of alkyl carbamates (subject to hydrolysis) is 1. The third-order valence-corrected chi connectivity index (χ3v) is 11.0. The van der Waals surface area contributed by atoms with Gasteiger partial charge in [0.2, 0.25) is 17.6 Å². The minimum atomic E-state index is -1.05. The van der Waals surface area contributed by atoms with Crippen LogP contribution in [-0.4, -0.2) is 90.9 Å². The molecule has 1 heterocycles. The Morgan fingerprint density at radius 3 is 2.23 bits per heavy atom. The highest BCUT2D eigenvalue weighted by atomic mass is 16.5.